The molecule has 1 fully saturated rings. The molecule has 1 aliphatic heterocycles. The van der Waals surface area contributed by atoms with E-state index in [1.807, 2.05) is 37.0 Å². The van der Waals surface area contributed by atoms with Gasteiger partial charge >= 0.3 is 0 Å². The summed E-state index contributed by atoms with van der Waals surface area (Å²) in [5.41, 5.74) is 3.03. The van der Waals surface area contributed by atoms with E-state index in [1.165, 1.54) is 12.8 Å². The van der Waals surface area contributed by atoms with Gasteiger partial charge in [-0.05, 0) is 52.3 Å². The molecule has 3 heterocycles. The molecule has 3 rings (SSSR count). The largest absolute Gasteiger partial charge is 0.291 e. The summed E-state index contributed by atoms with van der Waals surface area (Å²) in [5, 5.41) is 4.25. The van der Waals surface area contributed by atoms with Crippen LogP contribution in [0.15, 0.2) is 18.3 Å². The molecule has 118 valence electrons. The predicted molar refractivity (Wildman–Crippen MR) is 87.4 cm³/mol. The van der Waals surface area contributed by atoms with E-state index >= 15 is 0 Å². The molecule has 0 bridgehead atoms. The Morgan fingerprint density at radius 2 is 2.05 bits per heavy atom. The lowest BCUT2D eigenvalue weighted by molar-refractivity contribution is 0.106. The van der Waals surface area contributed by atoms with Crippen molar-refractivity contribution in [3.63, 3.8) is 0 Å². The molecule has 0 aromatic carbocycles. The summed E-state index contributed by atoms with van der Waals surface area (Å²) in [4.78, 5) is 12.2. The highest BCUT2D eigenvalue weighted by atomic mass is 15.3. The highest BCUT2D eigenvalue weighted by Crippen LogP contribution is 2.31. The highest BCUT2D eigenvalue weighted by molar-refractivity contribution is 5.54. The van der Waals surface area contributed by atoms with Crippen LogP contribution in [-0.2, 0) is 7.05 Å². The van der Waals surface area contributed by atoms with Crippen LogP contribution < -0.4 is 0 Å². The van der Waals surface area contributed by atoms with E-state index in [1.54, 1.807) is 0 Å². The van der Waals surface area contributed by atoms with Crippen LogP contribution in [0, 0.1) is 6.92 Å². The van der Waals surface area contributed by atoms with E-state index in [2.05, 4.69) is 23.8 Å². The molecule has 2 aromatic rings. The van der Waals surface area contributed by atoms with Crippen LogP contribution in [0.2, 0.25) is 0 Å². The predicted octanol–water partition coefficient (Wildman–Crippen LogP) is 3.12. The zero-order valence-electron chi connectivity index (χ0n) is 14.0. The summed E-state index contributed by atoms with van der Waals surface area (Å²) in [7, 11) is 1.95. The van der Waals surface area contributed by atoms with Gasteiger partial charge in [0.1, 0.15) is 5.82 Å². The minimum atomic E-state index is 0.334. The third kappa shape index (κ3) is 2.90. The maximum atomic E-state index is 4.88. The molecule has 1 aliphatic rings. The SMILES string of the molecule is Cc1cc(-c2ccnn2C)nc([C@@H]2CCCCN2C(C)C)n1. The maximum Gasteiger partial charge on any atom is 0.146 e. The Balaban J connectivity index is 2.00. The standard InChI is InChI=1S/C17H25N5/c1-12(2)22-10-6-5-7-16(22)17-19-13(3)11-14(20-17)15-8-9-18-21(15)4/h8-9,11-12,16H,5-7,10H2,1-4H3/t16-/m0/s1. The van der Waals surface area contributed by atoms with Gasteiger partial charge in [0.2, 0.25) is 0 Å². The number of nitrogens with zero attached hydrogens (tertiary/aromatic N) is 5. The number of aromatic nitrogens is 4. The van der Waals surface area contributed by atoms with Crippen molar-refractivity contribution in [1.82, 2.24) is 24.6 Å². The molecule has 0 amide bonds. The normalized spacial score (nSPS) is 19.8. The Kier molecular flexibility index (Phi) is 4.25. The average Bonchev–Trinajstić information content (AvgIpc) is 2.92. The number of aryl methyl sites for hydroxylation is 2. The maximum absolute atomic E-state index is 4.88. The van der Waals surface area contributed by atoms with Gasteiger partial charge in [0.25, 0.3) is 0 Å². The van der Waals surface area contributed by atoms with E-state index in [4.69, 9.17) is 9.97 Å². The van der Waals surface area contributed by atoms with Crippen molar-refractivity contribution in [3.05, 3.63) is 29.8 Å². The van der Waals surface area contributed by atoms with Crippen LogP contribution in [0.25, 0.3) is 11.4 Å². The molecular weight excluding hydrogens is 274 g/mol. The quantitative estimate of drug-likeness (QED) is 0.873. The van der Waals surface area contributed by atoms with Crippen molar-refractivity contribution < 1.29 is 0 Å². The first kappa shape index (κ1) is 15.2. The zero-order chi connectivity index (χ0) is 15.7. The van der Waals surface area contributed by atoms with Crippen LogP contribution >= 0.6 is 0 Å². The summed E-state index contributed by atoms with van der Waals surface area (Å²) in [6.45, 7) is 7.71. The molecule has 1 saturated heterocycles. The fourth-order valence-corrected chi connectivity index (χ4v) is 3.35. The zero-order valence-corrected chi connectivity index (χ0v) is 14.0. The van der Waals surface area contributed by atoms with Crippen molar-refractivity contribution in [2.24, 2.45) is 7.05 Å². The highest BCUT2D eigenvalue weighted by Gasteiger charge is 2.28. The fourth-order valence-electron chi connectivity index (χ4n) is 3.35. The van der Waals surface area contributed by atoms with E-state index in [9.17, 15) is 0 Å². The molecule has 1 atom stereocenters. The molecule has 0 N–H and O–H groups in total. The second-order valence-corrected chi connectivity index (χ2v) is 6.44. The monoisotopic (exact) mass is 299 g/mol. The molecule has 22 heavy (non-hydrogen) atoms. The van der Waals surface area contributed by atoms with Crippen LogP contribution in [0.1, 0.15) is 50.7 Å². The molecule has 0 spiro atoms. The summed E-state index contributed by atoms with van der Waals surface area (Å²) in [5.74, 6) is 0.963. The lowest BCUT2D eigenvalue weighted by Gasteiger charge is -2.37. The number of hydrogen-bond donors (Lipinski definition) is 0. The summed E-state index contributed by atoms with van der Waals surface area (Å²) in [6.07, 6.45) is 5.49. The molecule has 0 radical (unpaired) electrons. The Hall–Kier alpha value is -1.75. The minimum absolute atomic E-state index is 0.334. The van der Waals surface area contributed by atoms with Gasteiger partial charge in [-0.2, -0.15) is 5.10 Å². The van der Waals surface area contributed by atoms with Crippen LogP contribution in [0.5, 0.6) is 0 Å². The van der Waals surface area contributed by atoms with Gasteiger partial charge in [0, 0.05) is 25.0 Å². The van der Waals surface area contributed by atoms with E-state index in [-0.39, 0.29) is 0 Å². The number of rotatable bonds is 3. The number of likely N-dealkylation sites (tertiary alicyclic amines) is 1. The Bertz CT molecular complexity index is 646. The average molecular weight is 299 g/mol. The second kappa shape index (κ2) is 6.16. The Morgan fingerprint density at radius 1 is 1.23 bits per heavy atom. The van der Waals surface area contributed by atoms with Gasteiger partial charge in [0.05, 0.1) is 17.4 Å². The van der Waals surface area contributed by atoms with Crippen molar-refractivity contribution in [3.8, 4) is 11.4 Å². The van der Waals surface area contributed by atoms with Crippen molar-refractivity contribution in [1.29, 1.82) is 0 Å². The smallest absolute Gasteiger partial charge is 0.146 e. The van der Waals surface area contributed by atoms with E-state index in [0.717, 1.165) is 35.9 Å². The van der Waals surface area contributed by atoms with Crippen molar-refractivity contribution in [2.45, 2.75) is 52.1 Å². The third-order valence-corrected chi connectivity index (χ3v) is 4.46. The van der Waals surface area contributed by atoms with Gasteiger partial charge < -0.3 is 0 Å². The van der Waals surface area contributed by atoms with Crippen LogP contribution in [0.4, 0.5) is 0 Å². The van der Waals surface area contributed by atoms with E-state index in [0.29, 0.717) is 12.1 Å². The molecule has 5 nitrogen and oxygen atoms in total. The van der Waals surface area contributed by atoms with Crippen LogP contribution in [-0.4, -0.2) is 37.2 Å². The lowest BCUT2D eigenvalue weighted by Crippen LogP contribution is -2.39. The van der Waals surface area contributed by atoms with Gasteiger partial charge in [-0.15, -0.1) is 0 Å². The molecular formula is C17H25N5. The van der Waals surface area contributed by atoms with Crippen molar-refractivity contribution in [2.75, 3.05) is 6.54 Å². The molecule has 0 unspecified atom stereocenters. The Labute approximate surface area is 132 Å². The first-order chi connectivity index (χ1) is 10.6. The third-order valence-electron chi connectivity index (χ3n) is 4.46. The second-order valence-electron chi connectivity index (χ2n) is 6.44. The van der Waals surface area contributed by atoms with Gasteiger partial charge in [-0.25, -0.2) is 9.97 Å². The molecule has 5 heteroatoms. The summed E-state index contributed by atoms with van der Waals surface area (Å²) >= 11 is 0. The van der Waals surface area contributed by atoms with Gasteiger partial charge in [0.15, 0.2) is 0 Å². The van der Waals surface area contributed by atoms with Crippen molar-refractivity contribution >= 4 is 0 Å². The summed E-state index contributed by atoms with van der Waals surface area (Å²) in [6, 6.07) is 4.91. The van der Waals surface area contributed by atoms with Gasteiger partial charge in [-0.1, -0.05) is 6.42 Å². The van der Waals surface area contributed by atoms with Gasteiger partial charge in [-0.3, -0.25) is 9.58 Å². The number of piperidine rings is 1. The first-order valence-corrected chi connectivity index (χ1v) is 8.16. The topological polar surface area (TPSA) is 46.8 Å². The lowest BCUT2D eigenvalue weighted by atomic mass is 9.99. The minimum Gasteiger partial charge on any atom is -0.291 e. The molecule has 2 aromatic heterocycles. The van der Waals surface area contributed by atoms with Crippen LogP contribution in [0.3, 0.4) is 0 Å². The first-order valence-electron chi connectivity index (χ1n) is 8.16. The molecule has 0 saturated carbocycles. The Morgan fingerprint density at radius 3 is 2.73 bits per heavy atom. The fraction of sp³-hybridized carbons (Fsp3) is 0.588. The summed E-state index contributed by atoms with van der Waals surface area (Å²) < 4.78 is 1.87. The van der Waals surface area contributed by atoms with E-state index < -0.39 is 0 Å². The molecule has 0 aliphatic carbocycles. The number of hydrogen-bond acceptors (Lipinski definition) is 4.